The van der Waals surface area contributed by atoms with E-state index in [1.54, 1.807) is 6.08 Å². The summed E-state index contributed by atoms with van der Waals surface area (Å²) in [5, 5.41) is 8.73. The molecule has 2 rings (SSSR count). The molecule has 1 aliphatic heterocycles. The van der Waals surface area contributed by atoms with Crippen LogP contribution in [0.15, 0.2) is 18.2 Å². The van der Waals surface area contributed by atoms with Crippen LogP contribution in [-0.2, 0) is 22.6 Å². The molecular weight excluding hydrogens is 294 g/mol. The Hall–Kier alpha value is -2.56. The number of carboxylic acids is 1. The van der Waals surface area contributed by atoms with Crippen molar-refractivity contribution in [2.45, 2.75) is 39.7 Å². The molecule has 1 heterocycles. The fraction of sp³-hybridized carbons (Fsp3) is 0.333. The smallest absolute Gasteiger partial charge is 0.341 e. The molecule has 0 radical (unpaired) electrons. The zero-order chi connectivity index (χ0) is 17.1. The van der Waals surface area contributed by atoms with Crippen LogP contribution in [0.2, 0.25) is 0 Å². The quantitative estimate of drug-likeness (QED) is 0.478. The van der Waals surface area contributed by atoms with Gasteiger partial charge in [-0.05, 0) is 43.4 Å². The minimum Gasteiger partial charge on any atom is -0.481 e. The summed E-state index contributed by atoms with van der Waals surface area (Å²) in [5.74, 6) is -1.20. The monoisotopic (exact) mass is 315 g/mol. The summed E-state index contributed by atoms with van der Waals surface area (Å²) in [6, 6.07) is 0. The van der Waals surface area contributed by atoms with E-state index in [4.69, 9.17) is 15.6 Å². The molecule has 0 saturated carbocycles. The van der Waals surface area contributed by atoms with Crippen molar-refractivity contribution >= 4 is 23.7 Å². The van der Waals surface area contributed by atoms with Gasteiger partial charge in [-0.3, -0.25) is 4.79 Å². The number of anilines is 1. The number of hydrogen-bond donors (Lipinski definition) is 2. The van der Waals surface area contributed by atoms with Crippen molar-refractivity contribution in [2.24, 2.45) is 0 Å². The minimum absolute atomic E-state index is 0.0989. The van der Waals surface area contributed by atoms with E-state index in [2.05, 4.69) is 6.58 Å². The number of hydrogen-bond acceptors (Lipinski definition) is 4. The molecule has 0 atom stereocenters. The molecule has 23 heavy (non-hydrogen) atoms. The van der Waals surface area contributed by atoms with E-state index in [0.29, 0.717) is 24.1 Å². The first-order valence-corrected chi connectivity index (χ1v) is 7.47. The first-order valence-electron chi connectivity index (χ1n) is 7.47. The van der Waals surface area contributed by atoms with E-state index in [1.165, 1.54) is 0 Å². The number of allylic oxidation sites excluding steroid dienone is 2. The van der Waals surface area contributed by atoms with Gasteiger partial charge < -0.3 is 15.6 Å². The van der Waals surface area contributed by atoms with Crippen LogP contribution < -0.4 is 5.73 Å². The van der Waals surface area contributed by atoms with E-state index in [0.717, 1.165) is 27.8 Å². The Kier molecular flexibility index (Phi) is 4.89. The summed E-state index contributed by atoms with van der Waals surface area (Å²) >= 11 is 0. The molecule has 0 spiro atoms. The number of esters is 1. The predicted octanol–water partition coefficient (Wildman–Crippen LogP) is 3.24. The number of fused-ring (bicyclic) bond motifs is 1. The first kappa shape index (κ1) is 16.8. The maximum atomic E-state index is 11.9. The molecular formula is C18H21NO4. The molecule has 0 saturated heterocycles. The number of carbonyl (C=O) groups excluding carboxylic acids is 1. The molecule has 0 fully saturated rings. The van der Waals surface area contributed by atoms with E-state index in [1.807, 2.05) is 19.9 Å². The van der Waals surface area contributed by atoms with Gasteiger partial charge >= 0.3 is 11.9 Å². The van der Waals surface area contributed by atoms with Crippen molar-refractivity contribution in [1.29, 1.82) is 0 Å². The Morgan fingerprint density at radius 3 is 2.74 bits per heavy atom. The lowest BCUT2D eigenvalue weighted by atomic mass is 9.89. The number of rotatable bonds is 6. The molecule has 3 N–H and O–H groups in total. The molecule has 1 aliphatic rings. The van der Waals surface area contributed by atoms with Crippen LogP contribution in [0.3, 0.4) is 0 Å². The summed E-state index contributed by atoms with van der Waals surface area (Å²) in [7, 11) is 0. The summed E-state index contributed by atoms with van der Waals surface area (Å²) in [6.07, 6.45) is 4.81. The number of carbonyl (C=O) groups is 2. The highest BCUT2D eigenvalue weighted by Gasteiger charge is 2.29. The van der Waals surface area contributed by atoms with Crippen molar-refractivity contribution in [3.05, 3.63) is 46.0 Å². The third kappa shape index (κ3) is 3.28. The number of nitrogens with two attached hydrogens (primary N) is 1. The molecule has 1 aromatic carbocycles. The second-order valence-corrected chi connectivity index (χ2v) is 5.71. The fourth-order valence-electron chi connectivity index (χ4n) is 2.84. The van der Waals surface area contributed by atoms with Crippen molar-refractivity contribution in [1.82, 2.24) is 0 Å². The summed E-state index contributed by atoms with van der Waals surface area (Å²) in [5.41, 5.74) is 11.6. The van der Waals surface area contributed by atoms with E-state index < -0.39 is 5.97 Å². The van der Waals surface area contributed by atoms with Crippen LogP contribution in [0.1, 0.15) is 52.4 Å². The van der Waals surface area contributed by atoms with E-state index >= 15 is 0 Å². The Balaban J connectivity index is 2.39. The van der Waals surface area contributed by atoms with Crippen molar-refractivity contribution in [3.8, 4) is 0 Å². The standard InChI is InChI=1S/C18H21NO4/c1-4-12-11(3)14-9-23-18(22)16(14)17(19)13(12)7-5-10(2)6-8-15(20)21/h4-5H,1,6-9,19H2,2-3H3,(H,20,21)/b10-5+. The van der Waals surface area contributed by atoms with Crippen LogP contribution in [0.4, 0.5) is 5.69 Å². The Morgan fingerprint density at radius 1 is 1.43 bits per heavy atom. The number of carboxylic acid groups (broad SMARTS) is 1. The highest BCUT2D eigenvalue weighted by molar-refractivity contribution is 6.01. The normalized spacial score (nSPS) is 13.7. The third-order valence-corrected chi connectivity index (χ3v) is 4.22. The Labute approximate surface area is 135 Å². The molecule has 0 aliphatic carbocycles. The first-order chi connectivity index (χ1) is 10.9. The van der Waals surface area contributed by atoms with Gasteiger partial charge in [-0.2, -0.15) is 0 Å². The molecule has 5 nitrogen and oxygen atoms in total. The molecule has 0 unspecified atom stereocenters. The lowest BCUT2D eigenvalue weighted by molar-refractivity contribution is -0.136. The number of cyclic esters (lactones) is 1. The van der Waals surface area contributed by atoms with Crippen molar-refractivity contribution < 1.29 is 19.4 Å². The molecule has 5 heteroatoms. The number of nitrogen functional groups attached to an aromatic ring is 1. The topological polar surface area (TPSA) is 89.6 Å². The van der Waals surface area contributed by atoms with Gasteiger partial charge in [-0.25, -0.2) is 4.79 Å². The fourth-order valence-corrected chi connectivity index (χ4v) is 2.84. The van der Waals surface area contributed by atoms with Gasteiger partial charge in [0.25, 0.3) is 0 Å². The average Bonchev–Trinajstić information content (AvgIpc) is 2.89. The maximum absolute atomic E-state index is 11.9. The maximum Gasteiger partial charge on any atom is 0.341 e. The Bertz CT molecular complexity index is 716. The second kappa shape index (κ2) is 6.69. The number of aliphatic carboxylic acids is 1. The van der Waals surface area contributed by atoms with Gasteiger partial charge in [-0.1, -0.05) is 24.3 Å². The Morgan fingerprint density at radius 2 is 2.13 bits per heavy atom. The summed E-state index contributed by atoms with van der Waals surface area (Å²) in [6.45, 7) is 7.92. The van der Waals surface area contributed by atoms with Gasteiger partial charge in [0.05, 0.1) is 11.3 Å². The second-order valence-electron chi connectivity index (χ2n) is 5.71. The highest BCUT2D eigenvalue weighted by Crippen LogP contribution is 2.36. The zero-order valence-electron chi connectivity index (χ0n) is 13.4. The van der Waals surface area contributed by atoms with Crippen LogP contribution in [0.25, 0.3) is 6.08 Å². The van der Waals surface area contributed by atoms with Crippen molar-refractivity contribution in [2.75, 3.05) is 5.73 Å². The van der Waals surface area contributed by atoms with Crippen LogP contribution >= 0.6 is 0 Å². The van der Waals surface area contributed by atoms with Crippen molar-refractivity contribution in [3.63, 3.8) is 0 Å². The average molecular weight is 315 g/mol. The van der Waals surface area contributed by atoms with Crippen LogP contribution in [0, 0.1) is 6.92 Å². The van der Waals surface area contributed by atoms with Gasteiger partial charge in [-0.15, -0.1) is 0 Å². The minimum atomic E-state index is -0.819. The van der Waals surface area contributed by atoms with Crippen LogP contribution in [-0.4, -0.2) is 17.0 Å². The van der Waals surface area contributed by atoms with Crippen LogP contribution in [0.5, 0.6) is 0 Å². The van der Waals surface area contributed by atoms with Gasteiger partial charge in [0, 0.05) is 12.0 Å². The highest BCUT2D eigenvalue weighted by atomic mass is 16.5. The SMILES string of the molecule is C=Cc1c(C)c2c(c(N)c1C/C=C(\C)CCC(=O)O)C(=O)OC2. The largest absolute Gasteiger partial charge is 0.481 e. The van der Waals surface area contributed by atoms with E-state index in [9.17, 15) is 9.59 Å². The zero-order valence-corrected chi connectivity index (χ0v) is 13.4. The molecule has 1 aromatic rings. The summed E-state index contributed by atoms with van der Waals surface area (Å²) in [4.78, 5) is 22.5. The number of benzene rings is 1. The molecule has 0 amide bonds. The van der Waals surface area contributed by atoms with E-state index in [-0.39, 0.29) is 19.0 Å². The van der Waals surface area contributed by atoms with Gasteiger partial charge in [0.15, 0.2) is 0 Å². The summed E-state index contributed by atoms with van der Waals surface area (Å²) < 4.78 is 5.10. The predicted molar refractivity (Wildman–Crippen MR) is 89.1 cm³/mol. The molecule has 0 bridgehead atoms. The molecule has 122 valence electrons. The third-order valence-electron chi connectivity index (χ3n) is 4.22. The van der Waals surface area contributed by atoms with Gasteiger partial charge in [0.1, 0.15) is 6.61 Å². The lowest BCUT2D eigenvalue weighted by Gasteiger charge is -2.15. The number of ether oxygens (including phenoxy) is 1. The lowest BCUT2D eigenvalue weighted by Crippen LogP contribution is -2.08. The molecule has 0 aromatic heterocycles. The van der Waals surface area contributed by atoms with Gasteiger partial charge in [0.2, 0.25) is 0 Å².